The van der Waals surface area contributed by atoms with Crippen LogP contribution in [0.5, 0.6) is 0 Å². The van der Waals surface area contributed by atoms with Crippen molar-refractivity contribution in [3.63, 3.8) is 0 Å². The third kappa shape index (κ3) is 2.54. The van der Waals surface area contributed by atoms with Crippen LogP contribution < -0.4 is 0 Å². The van der Waals surface area contributed by atoms with Crippen LogP contribution in [0.15, 0.2) is 48.5 Å². The number of aliphatic hydroxyl groups excluding tert-OH is 1. The third-order valence-electron chi connectivity index (χ3n) is 3.68. The fourth-order valence-electron chi connectivity index (χ4n) is 2.63. The number of fused-ring (bicyclic) bond motifs is 1. The number of benzene rings is 2. The van der Waals surface area contributed by atoms with E-state index in [0.29, 0.717) is 12.0 Å². The standard InChI is InChI=1S/C17H17FN2O/c1-2-20-16-10-6-4-8-13(16)15(19-20)11-17(21)12-7-3-5-9-14(12)18/h3-10,17,21H,2,11H2,1H3. The predicted molar refractivity (Wildman–Crippen MR) is 80.5 cm³/mol. The van der Waals surface area contributed by atoms with Crippen molar-refractivity contribution in [2.45, 2.75) is 26.0 Å². The Hall–Kier alpha value is -2.20. The smallest absolute Gasteiger partial charge is 0.129 e. The molecule has 2 aromatic carbocycles. The highest BCUT2D eigenvalue weighted by molar-refractivity contribution is 5.82. The van der Waals surface area contributed by atoms with Crippen molar-refractivity contribution in [1.29, 1.82) is 0 Å². The Morgan fingerprint density at radius 3 is 2.62 bits per heavy atom. The lowest BCUT2D eigenvalue weighted by atomic mass is 10.0. The van der Waals surface area contributed by atoms with Gasteiger partial charge in [-0.1, -0.05) is 36.4 Å². The molecule has 0 fully saturated rings. The van der Waals surface area contributed by atoms with E-state index < -0.39 is 6.10 Å². The van der Waals surface area contributed by atoms with Crippen molar-refractivity contribution in [2.24, 2.45) is 0 Å². The molecule has 0 aliphatic carbocycles. The Morgan fingerprint density at radius 2 is 1.86 bits per heavy atom. The van der Waals surface area contributed by atoms with Crippen LogP contribution in [0.2, 0.25) is 0 Å². The Morgan fingerprint density at radius 1 is 1.14 bits per heavy atom. The number of aliphatic hydroxyl groups is 1. The maximum atomic E-state index is 13.7. The van der Waals surface area contributed by atoms with Gasteiger partial charge < -0.3 is 5.11 Å². The molecule has 1 atom stereocenters. The van der Waals surface area contributed by atoms with E-state index in [1.807, 2.05) is 35.9 Å². The first kappa shape index (κ1) is 13.8. The lowest BCUT2D eigenvalue weighted by Gasteiger charge is -2.10. The molecule has 1 N–H and O–H groups in total. The summed E-state index contributed by atoms with van der Waals surface area (Å²) in [5.41, 5.74) is 2.14. The molecule has 0 radical (unpaired) electrons. The number of hydrogen-bond acceptors (Lipinski definition) is 2. The molecule has 3 rings (SSSR count). The second-order valence-corrected chi connectivity index (χ2v) is 5.02. The molecule has 4 heteroatoms. The molecule has 3 aromatic rings. The Balaban J connectivity index is 1.97. The van der Waals surface area contributed by atoms with Crippen molar-refractivity contribution in [3.8, 4) is 0 Å². The van der Waals surface area contributed by atoms with Crippen LogP contribution in [0.25, 0.3) is 10.9 Å². The van der Waals surface area contributed by atoms with Crippen molar-refractivity contribution in [1.82, 2.24) is 9.78 Å². The summed E-state index contributed by atoms with van der Waals surface area (Å²) in [6.07, 6.45) is -0.594. The number of nitrogens with zero attached hydrogens (tertiary/aromatic N) is 2. The molecule has 0 bridgehead atoms. The number of hydrogen-bond donors (Lipinski definition) is 1. The first-order valence-electron chi connectivity index (χ1n) is 7.07. The zero-order valence-corrected chi connectivity index (χ0v) is 11.8. The SMILES string of the molecule is CCn1nc(CC(O)c2ccccc2F)c2ccccc21. The van der Waals surface area contributed by atoms with E-state index in [-0.39, 0.29) is 5.82 Å². The number of rotatable bonds is 4. The summed E-state index contributed by atoms with van der Waals surface area (Å²) in [5, 5.41) is 15.9. The average molecular weight is 284 g/mol. The summed E-state index contributed by atoms with van der Waals surface area (Å²) < 4.78 is 15.6. The molecule has 1 unspecified atom stereocenters. The summed E-state index contributed by atoms with van der Waals surface area (Å²) in [6.45, 7) is 2.78. The second kappa shape index (κ2) is 5.66. The summed E-state index contributed by atoms with van der Waals surface area (Å²) in [6, 6.07) is 14.2. The molecular weight excluding hydrogens is 267 g/mol. The molecule has 108 valence electrons. The van der Waals surface area contributed by atoms with Crippen LogP contribution in [0, 0.1) is 5.82 Å². The summed E-state index contributed by atoms with van der Waals surface area (Å²) in [4.78, 5) is 0. The molecule has 0 amide bonds. The van der Waals surface area contributed by atoms with Gasteiger partial charge in [0.25, 0.3) is 0 Å². The molecule has 21 heavy (non-hydrogen) atoms. The quantitative estimate of drug-likeness (QED) is 0.796. The van der Waals surface area contributed by atoms with Gasteiger partial charge in [-0.25, -0.2) is 4.39 Å². The van der Waals surface area contributed by atoms with Crippen LogP contribution in [0.4, 0.5) is 4.39 Å². The van der Waals surface area contributed by atoms with Gasteiger partial charge in [0.05, 0.1) is 17.3 Å². The van der Waals surface area contributed by atoms with Gasteiger partial charge in [-0.05, 0) is 19.1 Å². The van der Waals surface area contributed by atoms with E-state index in [1.165, 1.54) is 6.07 Å². The zero-order chi connectivity index (χ0) is 14.8. The van der Waals surface area contributed by atoms with Crippen molar-refractivity contribution in [2.75, 3.05) is 0 Å². The molecule has 1 aromatic heterocycles. The van der Waals surface area contributed by atoms with Crippen molar-refractivity contribution < 1.29 is 9.50 Å². The van der Waals surface area contributed by atoms with Crippen LogP contribution >= 0.6 is 0 Å². The average Bonchev–Trinajstić information content (AvgIpc) is 2.86. The van der Waals surface area contributed by atoms with E-state index in [1.54, 1.807) is 18.2 Å². The van der Waals surface area contributed by atoms with E-state index in [2.05, 4.69) is 5.10 Å². The van der Waals surface area contributed by atoms with E-state index in [9.17, 15) is 9.50 Å². The van der Waals surface area contributed by atoms with Crippen LogP contribution in [0.1, 0.15) is 24.3 Å². The van der Waals surface area contributed by atoms with E-state index in [0.717, 1.165) is 23.1 Å². The van der Waals surface area contributed by atoms with Crippen molar-refractivity contribution in [3.05, 3.63) is 65.6 Å². The molecular formula is C17H17FN2O. The molecule has 1 heterocycles. The normalized spacial score (nSPS) is 12.7. The van der Waals surface area contributed by atoms with Gasteiger partial charge in [-0.15, -0.1) is 0 Å². The Bertz CT molecular complexity index is 766. The molecule has 3 nitrogen and oxygen atoms in total. The van der Waals surface area contributed by atoms with Crippen LogP contribution in [-0.4, -0.2) is 14.9 Å². The lowest BCUT2D eigenvalue weighted by molar-refractivity contribution is 0.172. The number of para-hydroxylation sites is 1. The third-order valence-corrected chi connectivity index (χ3v) is 3.68. The van der Waals surface area contributed by atoms with Crippen LogP contribution in [-0.2, 0) is 13.0 Å². The first-order chi connectivity index (χ1) is 10.2. The first-order valence-corrected chi connectivity index (χ1v) is 7.07. The predicted octanol–water partition coefficient (Wildman–Crippen LogP) is 3.47. The van der Waals surface area contributed by atoms with Gasteiger partial charge in [0, 0.05) is 23.9 Å². The fourth-order valence-corrected chi connectivity index (χ4v) is 2.63. The maximum absolute atomic E-state index is 13.7. The summed E-state index contributed by atoms with van der Waals surface area (Å²) in [7, 11) is 0. The molecule has 0 spiro atoms. The minimum absolute atomic E-state index is 0.300. The monoisotopic (exact) mass is 284 g/mol. The topological polar surface area (TPSA) is 38.0 Å². The number of aryl methyl sites for hydroxylation is 1. The maximum Gasteiger partial charge on any atom is 0.129 e. The highest BCUT2D eigenvalue weighted by atomic mass is 19.1. The molecule has 0 saturated heterocycles. The minimum atomic E-state index is -0.894. The van der Waals surface area contributed by atoms with Crippen LogP contribution in [0.3, 0.4) is 0 Å². The van der Waals surface area contributed by atoms with E-state index in [4.69, 9.17) is 0 Å². The highest BCUT2D eigenvalue weighted by Gasteiger charge is 2.17. The molecule has 0 aliphatic heterocycles. The Labute approximate surface area is 122 Å². The number of aromatic nitrogens is 2. The van der Waals surface area contributed by atoms with E-state index >= 15 is 0 Å². The van der Waals surface area contributed by atoms with Gasteiger partial charge >= 0.3 is 0 Å². The molecule has 0 saturated carbocycles. The van der Waals surface area contributed by atoms with Gasteiger partial charge in [-0.3, -0.25) is 4.68 Å². The fraction of sp³-hybridized carbons (Fsp3) is 0.235. The zero-order valence-electron chi connectivity index (χ0n) is 11.8. The minimum Gasteiger partial charge on any atom is -0.388 e. The number of halogens is 1. The summed E-state index contributed by atoms with van der Waals surface area (Å²) in [5.74, 6) is -0.385. The van der Waals surface area contributed by atoms with Gasteiger partial charge in [-0.2, -0.15) is 5.10 Å². The lowest BCUT2D eigenvalue weighted by Crippen LogP contribution is -2.05. The highest BCUT2D eigenvalue weighted by Crippen LogP contribution is 2.25. The van der Waals surface area contributed by atoms with Crippen molar-refractivity contribution >= 4 is 10.9 Å². The van der Waals surface area contributed by atoms with Gasteiger partial charge in [0.2, 0.25) is 0 Å². The largest absolute Gasteiger partial charge is 0.388 e. The Kier molecular flexibility index (Phi) is 3.71. The van der Waals surface area contributed by atoms with Gasteiger partial charge in [0.1, 0.15) is 5.82 Å². The second-order valence-electron chi connectivity index (χ2n) is 5.02. The summed E-state index contributed by atoms with van der Waals surface area (Å²) >= 11 is 0. The molecule has 0 aliphatic rings. The van der Waals surface area contributed by atoms with Gasteiger partial charge in [0.15, 0.2) is 0 Å².